The lowest BCUT2D eigenvalue weighted by atomic mass is 10.2. The Morgan fingerprint density at radius 1 is 0.879 bits per heavy atom. The molecule has 164 valence electrons. The Bertz CT molecular complexity index is 1510. The summed E-state index contributed by atoms with van der Waals surface area (Å²) in [6.07, 6.45) is 4.43. The average molecular weight is 442 g/mol. The van der Waals surface area contributed by atoms with E-state index in [2.05, 4.69) is 15.0 Å². The molecule has 0 aliphatic carbocycles. The predicted octanol–water partition coefficient (Wildman–Crippen LogP) is 1.60. The van der Waals surface area contributed by atoms with Crippen LogP contribution in [0.4, 0.5) is 5.69 Å². The number of nitro benzene ring substituents is 1. The Kier molecular flexibility index (Phi) is 6.21. The van der Waals surface area contributed by atoms with Gasteiger partial charge in [0.25, 0.3) is 16.8 Å². The summed E-state index contributed by atoms with van der Waals surface area (Å²) in [6.45, 7) is 0.408. The number of H-pyrrole nitrogens is 2. The number of hydrogen-bond donors (Lipinski definition) is 2. The maximum absolute atomic E-state index is 12.4. The summed E-state index contributed by atoms with van der Waals surface area (Å²) in [7, 11) is 0. The SMILES string of the molecule is O=c1[nH]/c(=C/c2ccc(OCc3ccccc3)cn2)c(=O)[nH]/c1=C/c1ccc([N+](=O)[O-])cc1. The maximum Gasteiger partial charge on any atom is 0.272 e. The molecule has 9 heteroatoms. The van der Waals surface area contributed by atoms with Crippen LogP contribution in [0, 0.1) is 10.1 Å². The van der Waals surface area contributed by atoms with E-state index in [0.717, 1.165) is 5.56 Å². The molecule has 2 aromatic carbocycles. The number of nitrogens with zero attached hydrogens (tertiary/aromatic N) is 2. The van der Waals surface area contributed by atoms with E-state index in [1.807, 2.05) is 30.3 Å². The molecule has 0 spiro atoms. The first-order chi connectivity index (χ1) is 16.0. The van der Waals surface area contributed by atoms with Crippen LogP contribution >= 0.6 is 0 Å². The van der Waals surface area contributed by atoms with Crippen molar-refractivity contribution in [3.05, 3.63) is 131 Å². The van der Waals surface area contributed by atoms with E-state index < -0.39 is 16.0 Å². The van der Waals surface area contributed by atoms with E-state index in [1.54, 1.807) is 12.1 Å². The Labute approximate surface area is 186 Å². The predicted molar refractivity (Wildman–Crippen MR) is 122 cm³/mol. The Morgan fingerprint density at radius 2 is 1.55 bits per heavy atom. The van der Waals surface area contributed by atoms with Gasteiger partial charge in [-0.3, -0.25) is 24.7 Å². The minimum atomic E-state index is -0.515. The largest absolute Gasteiger partial charge is 0.487 e. The van der Waals surface area contributed by atoms with E-state index in [1.165, 1.54) is 42.6 Å². The number of benzene rings is 2. The molecule has 0 bridgehead atoms. The van der Waals surface area contributed by atoms with E-state index in [9.17, 15) is 19.7 Å². The zero-order valence-corrected chi connectivity index (χ0v) is 17.2. The third kappa shape index (κ3) is 5.47. The van der Waals surface area contributed by atoms with Crippen molar-refractivity contribution in [2.24, 2.45) is 0 Å². The van der Waals surface area contributed by atoms with Crippen molar-refractivity contribution >= 4 is 17.8 Å². The van der Waals surface area contributed by atoms with Gasteiger partial charge in [0.05, 0.1) is 16.8 Å². The van der Waals surface area contributed by atoms with Crippen molar-refractivity contribution < 1.29 is 9.66 Å². The van der Waals surface area contributed by atoms with Crippen molar-refractivity contribution in [1.29, 1.82) is 0 Å². The molecule has 0 radical (unpaired) electrons. The third-order valence-electron chi connectivity index (χ3n) is 4.70. The molecule has 0 saturated heterocycles. The van der Waals surface area contributed by atoms with Crippen molar-refractivity contribution in [1.82, 2.24) is 15.0 Å². The van der Waals surface area contributed by atoms with E-state index in [0.29, 0.717) is 23.6 Å². The molecular weight excluding hydrogens is 424 g/mol. The highest BCUT2D eigenvalue weighted by atomic mass is 16.6. The van der Waals surface area contributed by atoms with Gasteiger partial charge in [0, 0.05) is 12.1 Å². The average Bonchev–Trinajstić information content (AvgIpc) is 2.83. The molecule has 0 amide bonds. The molecule has 2 heterocycles. The van der Waals surface area contributed by atoms with Crippen LogP contribution in [0.5, 0.6) is 5.75 Å². The molecule has 2 aromatic heterocycles. The second-order valence-corrected chi connectivity index (χ2v) is 7.07. The number of hydrogen-bond acceptors (Lipinski definition) is 6. The fourth-order valence-electron chi connectivity index (χ4n) is 3.01. The second-order valence-electron chi connectivity index (χ2n) is 7.07. The Balaban J connectivity index is 1.55. The molecule has 0 unspecified atom stereocenters. The lowest BCUT2D eigenvalue weighted by molar-refractivity contribution is -0.384. The summed E-state index contributed by atoms with van der Waals surface area (Å²) in [5.74, 6) is 0.575. The molecule has 0 aliphatic heterocycles. The van der Waals surface area contributed by atoms with Crippen LogP contribution in [-0.2, 0) is 6.61 Å². The minimum absolute atomic E-state index is 0.0311. The number of nitrogens with one attached hydrogen (secondary N) is 2. The van der Waals surface area contributed by atoms with Gasteiger partial charge in [-0.15, -0.1) is 0 Å². The molecule has 4 aromatic rings. The zero-order valence-electron chi connectivity index (χ0n) is 17.2. The first kappa shape index (κ1) is 21.4. The van der Waals surface area contributed by atoms with E-state index in [-0.39, 0.29) is 16.4 Å². The summed E-state index contributed by atoms with van der Waals surface area (Å²) in [5.41, 5.74) is 0.948. The Morgan fingerprint density at radius 3 is 2.15 bits per heavy atom. The molecular formula is C24H18N4O5. The van der Waals surface area contributed by atoms with Crippen LogP contribution in [0.25, 0.3) is 12.2 Å². The highest BCUT2D eigenvalue weighted by Crippen LogP contribution is 2.13. The van der Waals surface area contributed by atoms with Gasteiger partial charge < -0.3 is 14.7 Å². The normalized spacial score (nSPS) is 12.0. The highest BCUT2D eigenvalue weighted by molar-refractivity contribution is 5.51. The number of nitro groups is 1. The summed E-state index contributed by atoms with van der Waals surface area (Å²) >= 11 is 0. The van der Waals surface area contributed by atoms with Crippen LogP contribution < -0.4 is 26.6 Å². The summed E-state index contributed by atoms with van der Waals surface area (Å²) < 4.78 is 5.69. The first-order valence-corrected chi connectivity index (χ1v) is 9.91. The third-order valence-corrected chi connectivity index (χ3v) is 4.70. The number of pyridine rings is 1. The quantitative estimate of drug-likeness (QED) is 0.345. The lowest BCUT2D eigenvalue weighted by Crippen LogP contribution is -2.46. The number of rotatable bonds is 6. The second kappa shape index (κ2) is 9.56. The van der Waals surface area contributed by atoms with Gasteiger partial charge in [0.15, 0.2) is 0 Å². The monoisotopic (exact) mass is 442 g/mol. The number of aromatic amines is 2. The standard InChI is InChI=1S/C24H18N4O5/c29-23-21(12-16-6-9-19(10-7-16)28(31)32)26-24(30)22(27-23)13-18-8-11-20(14-25-18)33-15-17-4-2-1-3-5-17/h1-14H,15H2,(H,26,30)(H,27,29)/b21-12+,22-13+. The van der Waals surface area contributed by atoms with Crippen LogP contribution in [-0.4, -0.2) is 19.9 Å². The van der Waals surface area contributed by atoms with Gasteiger partial charge in [-0.2, -0.15) is 0 Å². The van der Waals surface area contributed by atoms with E-state index >= 15 is 0 Å². The van der Waals surface area contributed by atoms with Gasteiger partial charge in [-0.05, 0) is 47.5 Å². The van der Waals surface area contributed by atoms with Crippen molar-refractivity contribution in [3.8, 4) is 5.75 Å². The van der Waals surface area contributed by atoms with Gasteiger partial charge in [-0.1, -0.05) is 30.3 Å². The number of ether oxygens (including phenoxy) is 1. The van der Waals surface area contributed by atoms with Crippen LogP contribution in [0.2, 0.25) is 0 Å². The lowest BCUT2D eigenvalue weighted by Gasteiger charge is -2.05. The van der Waals surface area contributed by atoms with Crippen LogP contribution in [0.1, 0.15) is 16.8 Å². The zero-order chi connectivity index (χ0) is 23.2. The van der Waals surface area contributed by atoms with Crippen LogP contribution in [0.3, 0.4) is 0 Å². The Hall–Kier alpha value is -4.79. The van der Waals surface area contributed by atoms with Crippen LogP contribution in [0.15, 0.2) is 82.5 Å². The molecule has 4 rings (SSSR count). The summed E-state index contributed by atoms with van der Waals surface area (Å²) in [6, 6.07) is 18.7. The minimum Gasteiger partial charge on any atom is -0.487 e. The van der Waals surface area contributed by atoms with Crippen molar-refractivity contribution in [2.75, 3.05) is 0 Å². The molecule has 33 heavy (non-hydrogen) atoms. The maximum atomic E-state index is 12.4. The van der Waals surface area contributed by atoms with Gasteiger partial charge in [-0.25, -0.2) is 0 Å². The molecule has 9 nitrogen and oxygen atoms in total. The van der Waals surface area contributed by atoms with Crippen molar-refractivity contribution in [2.45, 2.75) is 6.61 Å². The van der Waals surface area contributed by atoms with Gasteiger partial charge >= 0.3 is 0 Å². The van der Waals surface area contributed by atoms with Gasteiger partial charge in [0.2, 0.25) is 0 Å². The highest BCUT2D eigenvalue weighted by Gasteiger charge is 2.03. The molecule has 0 saturated carbocycles. The van der Waals surface area contributed by atoms with Gasteiger partial charge in [0.1, 0.15) is 23.1 Å². The number of aromatic nitrogens is 3. The smallest absolute Gasteiger partial charge is 0.272 e. The first-order valence-electron chi connectivity index (χ1n) is 9.91. The van der Waals surface area contributed by atoms with E-state index in [4.69, 9.17) is 4.74 Å². The molecule has 0 atom stereocenters. The summed E-state index contributed by atoms with van der Waals surface area (Å²) in [4.78, 5) is 44.4. The fourth-order valence-corrected chi connectivity index (χ4v) is 3.01. The summed E-state index contributed by atoms with van der Waals surface area (Å²) in [5, 5.41) is 10.8. The fraction of sp³-hybridized carbons (Fsp3) is 0.0417. The topological polar surface area (TPSA) is 131 Å². The molecule has 0 fully saturated rings. The number of non-ortho nitro benzene ring substituents is 1. The van der Waals surface area contributed by atoms with Crippen molar-refractivity contribution in [3.63, 3.8) is 0 Å². The molecule has 2 N–H and O–H groups in total. The molecule has 0 aliphatic rings.